The summed E-state index contributed by atoms with van der Waals surface area (Å²) in [5.74, 6) is -0.111. The highest BCUT2D eigenvalue weighted by molar-refractivity contribution is 5.89. The SMILES string of the molecule is C.C.CC(=O)Nc1ccc(Cc2ccc(N=C=O)cc2)cc1.CC(=O)Nc1ccccc1.CCC.CCC.CN=C=O.CNC(C)=O.O=C=Nc1ccccc1.O=C=Nc1ccccc1.c1ccc(Cc2ccccc2)cc1. The first-order chi connectivity index (χ1) is 36.8. The molecule has 0 bridgehead atoms. The van der Waals surface area contributed by atoms with Gasteiger partial charge in [0.2, 0.25) is 42.0 Å². The van der Waals surface area contributed by atoms with Gasteiger partial charge in [-0.05, 0) is 95.8 Å². The van der Waals surface area contributed by atoms with Crippen molar-refractivity contribution in [1.82, 2.24) is 5.32 Å². The van der Waals surface area contributed by atoms with Crippen LogP contribution < -0.4 is 16.0 Å². The second-order valence-corrected chi connectivity index (χ2v) is 15.2. The second-order valence-electron chi connectivity index (χ2n) is 15.2. The van der Waals surface area contributed by atoms with Gasteiger partial charge in [0.15, 0.2) is 0 Å². The summed E-state index contributed by atoms with van der Waals surface area (Å²) in [6.07, 6.45) is 10.1. The van der Waals surface area contributed by atoms with E-state index >= 15 is 0 Å². The molecule has 0 saturated carbocycles. The second kappa shape index (κ2) is 53.8. The number of hydrogen-bond acceptors (Lipinski definition) is 11. The van der Waals surface area contributed by atoms with Gasteiger partial charge in [-0.2, -0.15) is 15.0 Å². The van der Waals surface area contributed by atoms with Crippen LogP contribution in [-0.4, -0.2) is 56.1 Å². The zero-order chi connectivity index (χ0) is 56.9. The number of nitrogens with zero attached hydrogens (tertiary/aromatic N) is 4. The third-order valence-electron chi connectivity index (χ3n) is 8.29. The lowest BCUT2D eigenvalue weighted by Gasteiger charge is -2.05. The Morgan fingerprint density at radius 1 is 0.372 bits per heavy atom. The standard InChI is InChI=1S/C16H14N2O2.C13H12.C8H9NO.2C7H5NO.C3H7NO.2C3H8.C2H3NO.2CH4/c1-12(20)18-16-8-4-14(5-9-16)10-13-2-6-15(7-3-13)17-11-19;1-3-7-12(8-4-1)11-13-9-5-2-6-10-13;1-7(10)9-8-5-3-2-4-6-8;2*9-6-8-7-4-2-1-3-5-7;1-3(5)4-2;2*1-3-2;1-3-2-4;;/h2-9H,10H2,1H3,(H,18,20);1-10H,11H2;2-6H,1H3,(H,9,10);2*1-5H;1-2H3,(H,4,5);2*3H2,1-2H3;1H3;2*1H4. The number of carbonyl (C=O) groups is 3. The van der Waals surface area contributed by atoms with Crippen molar-refractivity contribution in [2.24, 2.45) is 20.0 Å². The Morgan fingerprint density at radius 2 is 0.603 bits per heavy atom. The minimum absolute atomic E-state index is 0. The third-order valence-corrected chi connectivity index (χ3v) is 8.29. The number of amides is 3. The van der Waals surface area contributed by atoms with Crippen molar-refractivity contribution in [3.05, 3.63) is 222 Å². The number of anilines is 2. The summed E-state index contributed by atoms with van der Waals surface area (Å²) >= 11 is 0. The number of carbonyl (C=O) groups excluding carboxylic acids is 7. The summed E-state index contributed by atoms with van der Waals surface area (Å²) in [7, 11) is 2.98. The topological polar surface area (TPSA) is 205 Å². The van der Waals surface area contributed by atoms with Gasteiger partial charge in [0.1, 0.15) is 0 Å². The molecule has 78 heavy (non-hydrogen) atoms. The highest BCUT2D eigenvalue weighted by Crippen LogP contribution is 2.17. The molecule has 0 fully saturated rings. The Balaban J connectivity index is -0.000000420. The van der Waals surface area contributed by atoms with Crippen LogP contribution >= 0.6 is 0 Å². The number of nitrogens with one attached hydrogen (secondary N) is 3. The molecule has 3 amide bonds. The van der Waals surface area contributed by atoms with Crippen LogP contribution in [0.15, 0.2) is 220 Å². The number of isocyanates is 4. The van der Waals surface area contributed by atoms with E-state index in [4.69, 9.17) is 4.79 Å². The number of para-hydroxylation sites is 3. The maximum absolute atomic E-state index is 10.9. The molecule has 0 saturated heterocycles. The fraction of sp³-hybridized carbons (Fsp3) is 0.234. The predicted molar refractivity (Wildman–Crippen MR) is 322 cm³/mol. The highest BCUT2D eigenvalue weighted by Gasteiger charge is 2.00. The smallest absolute Gasteiger partial charge is 0.240 e. The van der Waals surface area contributed by atoms with Gasteiger partial charge in [0.05, 0.1) is 17.1 Å². The van der Waals surface area contributed by atoms with Crippen molar-refractivity contribution in [1.29, 1.82) is 0 Å². The van der Waals surface area contributed by atoms with Crippen molar-refractivity contribution in [3.63, 3.8) is 0 Å². The van der Waals surface area contributed by atoms with E-state index in [1.165, 1.54) is 76.1 Å². The first-order valence-corrected chi connectivity index (χ1v) is 24.1. The molecule has 7 aromatic rings. The Bertz CT molecular complexity index is 2670. The van der Waals surface area contributed by atoms with Crippen LogP contribution in [0.5, 0.6) is 0 Å². The summed E-state index contributed by atoms with van der Waals surface area (Å²) in [4.78, 5) is 82.8. The largest absolute Gasteiger partial charge is 0.359 e. The van der Waals surface area contributed by atoms with Crippen molar-refractivity contribution in [3.8, 4) is 0 Å². The fourth-order valence-electron chi connectivity index (χ4n) is 5.15. The number of hydrogen-bond donors (Lipinski definition) is 3. The molecule has 0 heterocycles. The van der Waals surface area contributed by atoms with Gasteiger partial charge in [-0.1, -0.05) is 195 Å². The van der Waals surface area contributed by atoms with E-state index in [1.54, 1.807) is 43.4 Å². The van der Waals surface area contributed by atoms with Crippen molar-refractivity contribution >= 4 is 70.5 Å². The molecular weight excluding hydrogens is 979 g/mol. The molecule has 412 valence electrons. The van der Waals surface area contributed by atoms with Crippen LogP contribution in [0.2, 0.25) is 0 Å². The quantitative estimate of drug-likeness (QED) is 0.0941. The van der Waals surface area contributed by atoms with Crippen LogP contribution in [-0.2, 0) is 46.4 Å². The van der Waals surface area contributed by atoms with Gasteiger partial charge >= 0.3 is 0 Å². The van der Waals surface area contributed by atoms with Crippen molar-refractivity contribution in [2.75, 3.05) is 24.7 Å². The number of aliphatic imine (C=N–C) groups is 4. The van der Waals surface area contributed by atoms with Crippen molar-refractivity contribution < 1.29 is 33.6 Å². The number of benzene rings is 7. The van der Waals surface area contributed by atoms with Gasteiger partial charge in [0.25, 0.3) is 0 Å². The van der Waals surface area contributed by atoms with Gasteiger partial charge in [-0.25, -0.2) is 24.2 Å². The molecule has 0 spiro atoms. The maximum Gasteiger partial charge on any atom is 0.240 e. The van der Waals surface area contributed by atoms with E-state index in [9.17, 15) is 28.8 Å². The minimum atomic E-state index is -0.0796. The molecular formula is C64H79N7O7. The molecule has 0 aliphatic carbocycles. The normalized spacial score (nSPS) is 8.22. The summed E-state index contributed by atoms with van der Waals surface area (Å²) in [5, 5.41) is 7.78. The molecule has 0 unspecified atom stereocenters. The van der Waals surface area contributed by atoms with E-state index in [0.717, 1.165) is 35.3 Å². The molecule has 3 N–H and O–H groups in total. The molecule has 14 nitrogen and oxygen atoms in total. The zero-order valence-electron chi connectivity index (χ0n) is 45.0. The van der Waals surface area contributed by atoms with Crippen LogP contribution in [0.3, 0.4) is 0 Å². The maximum atomic E-state index is 10.9. The summed E-state index contributed by atoms with van der Waals surface area (Å²) < 4.78 is 0. The lowest BCUT2D eigenvalue weighted by molar-refractivity contribution is -0.118. The third kappa shape index (κ3) is 46.3. The van der Waals surface area contributed by atoms with Gasteiger partial charge in [-0.15, -0.1) is 0 Å². The molecule has 7 aromatic carbocycles. The molecule has 14 heteroatoms. The Hall–Kier alpha value is -9.53. The average Bonchev–Trinajstić information content (AvgIpc) is 3.43. The van der Waals surface area contributed by atoms with Crippen LogP contribution in [0.4, 0.5) is 28.4 Å². The van der Waals surface area contributed by atoms with Gasteiger partial charge < -0.3 is 16.0 Å². The summed E-state index contributed by atoms with van der Waals surface area (Å²) in [6, 6.07) is 63.5. The molecule has 0 atom stereocenters. The molecule has 0 aliphatic rings. The molecule has 0 aliphatic heterocycles. The Kier molecular flexibility index (Phi) is 51.7. The van der Waals surface area contributed by atoms with E-state index in [-0.39, 0.29) is 32.6 Å². The minimum Gasteiger partial charge on any atom is -0.359 e. The predicted octanol–water partition coefficient (Wildman–Crippen LogP) is 15.2. The lowest BCUT2D eigenvalue weighted by Crippen LogP contribution is -2.11. The van der Waals surface area contributed by atoms with E-state index in [1.807, 2.05) is 103 Å². The van der Waals surface area contributed by atoms with Crippen LogP contribution in [0.1, 0.15) is 98.4 Å². The average molecular weight is 1060 g/mol. The van der Waals surface area contributed by atoms with E-state index in [2.05, 4.69) is 124 Å². The summed E-state index contributed by atoms with van der Waals surface area (Å²) in [5.41, 5.74) is 8.53. The Labute approximate surface area is 463 Å². The number of rotatable bonds is 9. The monoisotopic (exact) mass is 1060 g/mol. The first-order valence-electron chi connectivity index (χ1n) is 24.1. The Morgan fingerprint density at radius 3 is 0.859 bits per heavy atom. The van der Waals surface area contributed by atoms with E-state index in [0.29, 0.717) is 17.1 Å². The molecule has 0 radical (unpaired) electrons. The zero-order valence-corrected chi connectivity index (χ0v) is 45.0. The highest BCUT2D eigenvalue weighted by atomic mass is 16.2. The van der Waals surface area contributed by atoms with Crippen LogP contribution in [0, 0.1) is 0 Å². The fourth-order valence-corrected chi connectivity index (χ4v) is 5.15. The van der Waals surface area contributed by atoms with Gasteiger partial charge in [-0.3, -0.25) is 14.4 Å². The summed E-state index contributed by atoms with van der Waals surface area (Å²) in [6.45, 7) is 12.9. The van der Waals surface area contributed by atoms with Crippen LogP contribution in [0.25, 0.3) is 0 Å². The lowest BCUT2D eigenvalue weighted by atomic mass is 10.0. The molecule has 7 rings (SSSR count). The van der Waals surface area contributed by atoms with E-state index < -0.39 is 0 Å². The van der Waals surface area contributed by atoms with Crippen molar-refractivity contribution in [2.45, 2.75) is 89.0 Å². The first kappa shape index (κ1) is 75.0. The van der Waals surface area contributed by atoms with Gasteiger partial charge in [0, 0.05) is 46.2 Å². The molecule has 0 aromatic heterocycles.